The highest BCUT2D eigenvalue weighted by atomic mass is 16.2. The van der Waals surface area contributed by atoms with E-state index in [2.05, 4.69) is 22.5 Å². The van der Waals surface area contributed by atoms with Crippen LogP contribution in [0.2, 0.25) is 0 Å². The van der Waals surface area contributed by atoms with E-state index in [-0.39, 0.29) is 18.0 Å². The van der Waals surface area contributed by atoms with Crippen LogP contribution < -0.4 is 10.6 Å². The highest BCUT2D eigenvalue weighted by Gasteiger charge is 2.20. The Morgan fingerprint density at radius 3 is 2.72 bits per heavy atom. The Kier molecular flexibility index (Phi) is 7.25. The van der Waals surface area contributed by atoms with Gasteiger partial charge in [-0.05, 0) is 44.5 Å². The molecule has 6 heteroatoms. The molecule has 25 heavy (non-hydrogen) atoms. The van der Waals surface area contributed by atoms with Crippen LogP contribution in [0.25, 0.3) is 0 Å². The predicted octanol–water partition coefficient (Wildman–Crippen LogP) is 2.66. The van der Waals surface area contributed by atoms with Gasteiger partial charge in [-0.2, -0.15) is 0 Å². The van der Waals surface area contributed by atoms with Crippen molar-refractivity contribution in [1.29, 1.82) is 0 Å². The molecule has 0 radical (unpaired) electrons. The molecule has 0 saturated carbocycles. The summed E-state index contributed by atoms with van der Waals surface area (Å²) in [4.78, 5) is 28.2. The van der Waals surface area contributed by atoms with Gasteiger partial charge in [-0.15, -0.1) is 0 Å². The van der Waals surface area contributed by atoms with Crippen molar-refractivity contribution in [2.45, 2.75) is 46.2 Å². The van der Waals surface area contributed by atoms with Crippen LogP contribution in [0.5, 0.6) is 0 Å². The van der Waals surface area contributed by atoms with E-state index in [1.165, 1.54) is 0 Å². The van der Waals surface area contributed by atoms with Crippen molar-refractivity contribution in [2.75, 3.05) is 31.5 Å². The van der Waals surface area contributed by atoms with E-state index in [9.17, 15) is 9.59 Å². The summed E-state index contributed by atoms with van der Waals surface area (Å²) < 4.78 is 0. The van der Waals surface area contributed by atoms with Gasteiger partial charge in [0.05, 0.1) is 0 Å². The average molecular weight is 346 g/mol. The number of benzene rings is 1. The van der Waals surface area contributed by atoms with E-state index in [0.29, 0.717) is 13.1 Å². The molecule has 6 nitrogen and oxygen atoms in total. The topological polar surface area (TPSA) is 64.7 Å². The van der Waals surface area contributed by atoms with E-state index >= 15 is 0 Å². The molecule has 1 aliphatic rings. The van der Waals surface area contributed by atoms with Gasteiger partial charge in [0.25, 0.3) is 0 Å². The number of likely N-dealkylation sites (N-methyl/N-ethyl adjacent to an activating group) is 1. The molecule has 2 rings (SSSR count). The lowest BCUT2D eigenvalue weighted by molar-refractivity contribution is -0.129. The van der Waals surface area contributed by atoms with Gasteiger partial charge < -0.3 is 20.4 Å². The van der Waals surface area contributed by atoms with Crippen molar-refractivity contribution in [1.82, 2.24) is 15.1 Å². The van der Waals surface area contributed by atoms with Gasteiger partial charge in [0, 0.05) is 38.3 Å². The maximum atomic E-state index is 12.4. The zero-order valence-corrected chi connectivity index (χ0v) is 15.5. The quantitative estimate of drug-likeness (QED) is 0.832. The second kappa shape index (κ2) is 9.42. The number of carbonyl (C=O) groups is 2. The van der Waals surface area contributed by atoms with Gasteiger partial charge in [-0.1, -0.05) is 25.1 Å². The highest BCUT2D eigenvalue weighted by molar-refractivity contribution is 5.90. The average Bonchev–Trinajstić information content (AvgIpc) is 2.60. The summed E-state index contributed by atoms with van der Waals surface area (Å²) in [6.07, 6.45) is 2.12. The van der Waals surface area contributed by atoms with Crippen molar-refractivity contribution >= 4 is 17.6 Å². The number of nitrogens with one attached hydrogen (secondary N) is 2. The van der Waals surface area contributed by atoms with Gasteiger partial charge in [0.2, 0.25) is 5.91 Å². The first-order valence-electron chi connectivity index (χ1n) is 9.16. The molecule has 1 aromatic rings. The largest absolute Gasteiger partial charge is 0.339 e. The van der Waals surface area contributed by atoms with Crippen molar-refractivity contribution in [2.24, 2.45) is 0 Å². The van der Waals surface area contributed by atoms with Crippen LogP contribution in [0, 0.1) is 0 Å². The summed E-state index contributed by atoms with van der Waals surface area (Å²) in [7, 11) is 0. The van der Waals surface area contributed by atoms with Gasteiger partial charge >= 0.3 is 6.03 Å². The van der Waals surface area contributed by atoms with E-state index < -0.39 is 0 Å². The maximum absolute atomic E-state index is 12.4. The number of hydrogen-bond donors (Lipinski definition) is 2. The first kappa shape index (κ1) is 19.2. The number of nitrogens with zero attached hydrogens (tertiary/aromatic N) is 2. The van der Waals surface area contributed by atoms with Crippen molar-refractivity contribution in [3.05, 3.63) is 29.8 Å². The third-order valence-corrected chi connectivity index (χ3v) is 4.74. The summed E-state index contributed by atoms with van der Waals surface area (Å²) in [5.74, 6) is 0.0311. The van der Waals surface area contributed by atoms with Gasteiger partial charge in [0.1, 0.15) is 0 Å². The standard InChI is InChI=1S/C19H30N4O2/c1-4-22-12-8-10-17(14-22)20-19(25)21-18-11-7-6-9-16(18)13-23(5-2)15(3)24/h6-7,9,11,17H,4-5,8,10,12-14H2,1-3H3,(H2,20,21,25)/t17-/m1/s1. The monoisotopic (exact) mass is 346 g/mol. The molecule has 1 saturated heterocycles. The van der Waals surface area contributed by atoms with Crippen LogP contribution in [0.15, 0.2) is 24.3 Å². The predicted molar refractivity (Wildman–Crippen MR) is 100 cm³/mol. The third-order valence-electron chi connectivity index (χ3n) is 4.74. The number of para-hydroxylation sites is 1. The molecule has 138 valence electrons. The van der Waals surface area contributed by atoms with Crippen LogP contribution in [0.4, 0.5) is 10.5 Å². The van der Waals surface area contributed by atoms with Gasteiger partial charge in [0.15, 0.2) is 0 Å². The third kappa shape index (κ3) is 5.74. The first-order valence-corrected chi connectivity index (χ1v) is 9.16. The SMILES string of the molecule is CCN1CCC[C@@H](NC(=O)Nc2ccccc2CN(CC)C(C)=O)C1. The van der Waals surface area contributed by atoms with Crippen LogP contribution in [-0.4, -0.2) is 54.0 Å². The van der Waals surface area contributed by atoms with E-state index in [1.54, 1.807) is 11.8 Å². The summed E-state index contributed by atoms with van der Waals surface area (Å²) in [6.45, 7) is 9.83. The Labute approximate surface area is 150 Å². The van der Waals surface area contributed by atoms with Crippen molar-refractivity contribution in [3.63, 3.8) is 0 Å². The summed E-state index contributed by atoms with van der Waals surface area (Å²) in [5.41, 5.74) is 1.69. The van der Waals surface area contributed by atoms with Crippen molar-refractivity contribution < 1.29 is 9.59 Å². The van der Waals surface area contributed by atoms with Gasteiger partial charge in [-0.25, -0.2) is 4.79 Å². The number of amides is 3. The molecule has 0 unspecified atom stereocenters. The summed E-state index contributed by atoms with van der Waals surface area (Å²) in [5, 5.41) is 6.03. The first-order chi connectivity index (χ1) is 12.0. The maximum Gasteiger partial charge on any atom is 0.319 e. The fraction of sp³-hybridized carbons (Fsp3) is 0.579. The normalized spacial score (nSPS) is 17.8. The molecule has 0 bridgehead atoms. The molecule has 1 fully saturated rings. The number of hydrogen-bond acceptors (Lipinski definition) is 3. The number of anilines is 1. The Morgan fingerprint density at radius 1 is 1.28 bits per heavy atom. The van der Waals surface area contributed by atoms with Crippen LogP contribution >= 0.6 is 0 Å². The molecule has 0 spiro atoms. The fourth-order valence-electron chi connectivity index (χ4n) is 3.24. The molecule has 1 aliphatic heterocycles. The zero-order valence-electron chi connectivity index (χ0n) is 15.5. The lowest BCUT2D eigenvalue weighted by Gasteiger charge is -2.32. The van der Waals surface area contributed by atoms with E-state index in [4.69, 9.17) is 0 Å². The number of carbonyl (C=O) groups excluding carboxylic acids is 2. The number of piperidine rings is 1. The minimum Gasteiger partial charge on any atom is -0.339 e. The fourth-order valence-corrected chi connectivity index (χ4v) is 3.24. The zero-order chi connectivity index (χ0) is 18.2. The van der Waals surface area contributed by atoms with Crippen LogP contribution in [-0.2, 0) is 11.3 Å². The Morgan fingerprint density at radius 2 is 2.04 bits per heavy atom. The summed E-state index contributed by atoms with van der Waals surface area (Å²) in [6, 6.07) is 7.64. The van der Waals surface area contributed by atoms with E-state index in [1.807, 2.05) is 31.2 Å². The molecule has 1 atom stereocenters. The molecule has 1 aromatic carbocycles. The van der Waals surface area contributed by atoms with Crippen LogP contribution in [0.1, 0.15) is 39.2 Å². The second-order valence-electron chi connectivity index (χ2n) is 6.52. The molecule has 0 aromatic heterocycles. The smallest absolute Gasteiger partial charge is 0.319 e. The minimum absolute atomic E-state index is 0.0311. The number of urea groups is 1. The molecule has 3 amide bonds. The number of rotatable bonds is 6. The minimum atomic E-state index is -0.179. The van der Waals surface area contributed by atoms with Crippen molar-refractivity contribution in [3.8, 4) is 0 Å². The molecular formula is C19H30N4O2. The Balaban J connectivity index is 1.97. The summed E-state index contributed by atoms with van der Waals surface area (Å²) >= 11 is 0. The molecule has 1 heterocycles. The Hall–Kier alpha value is -2.08. The van der Waals surface area contributed by atoms with E-state index in [0.717, 1.165) is 43.7 Å². The molecular weight excluding hydrogens is 316 g/mol. The lowest BCUT2D eigenvalue weighted by Crippen LogP contribution is -2.48. The van der Waals surface area contributed by atoms with Crippen LogP contribution in [0.3, 0.4) is 0 Å². The molecule has 2 N–H and O–H groups in total. The second-order valence-corrected chi connectivity index (χ2v) is 6.52. The highest BCUT2D eigenvalue weighted by Crippen LogP contribution is 2.18. The lowest BCUT2D eigenvalue weighted by atomic mass is 10.1. The number of likely N-dealkylation sites (tertiary alicyclic amines) is 1. The Bertz CT molecular complexity index is 591. The van der Waals surface area contributed by atoms with Gasteiger partial charge in [-0.3, -0.25) is 4.79 Å². The molecule has 0 aliphatic carbocycles.